The topological polar surface area (TPSA) is 108 Å². The molecular formula is C19H22O8. The minimum absolute atomic E-state index is 0.149. The summed E-state index contributed by atoms with van der Waals surface area (Å²) in [4.78, 5) is 35.6. The highest BCUT2D eigenvalue weighted by Gasteiger charge is 2.42. The van der Waals surface area contributed by atoms with Crippen LogP contribution >= 0.6 is 0 Å². The second-order valence-electron chi connectivity index (χ2n) is 6.88. The van der Waals surface area contributed by atoms with Crippen molar-refractivity contribution >= 4 is 17.9 Å². The zero-order chi connectivity index (χ0) is 20.4. The summed E-state index contributed by atoms with van der Waals surface area (Å²) in [7, 11) is 0. The third kappa shape index (κ3) is 4.58. The lowest BCUT2D eigenvalue weighted by Gasteiger charge is -2.36. The van der Waals surface area contributed by atoms with Gasteiger partial charge in [-0.05, 0) is 12.2 Å². The van der Waals surface area contributed by atoms with Crippen molar-refractivity contribution in [2.24, 2.45) is 5.92 Å². The molecule has 0 bridgehead atoms. The molecule has 0 spiro atoms. The fourth-order valence-corrected chi connectivity index (χ4v) is 2.13. The normalized spacial score (nSPS) is 25.6. The number of ether oxygens (including phenoxy) is 4. The van der Waals surface area contributed by atoms with Crippen LogP contribution in [0, 0.1) is 5.92 Å². The molecule has 146 valence electrons. The molecule has 1 N–H and O–H groups in total. The molecule has 1 saturated heterocycles. The van der Waals surface area contributed by atoms with Crippen LogP contribution in [-0.2, 0) is 33.3 Å². The lowest BCUT2D eigenvalue weighted by atomic mass is 10.0. The first-order valence-corrected chi connectivity index (χ1v) is 8.32. The van der Waals surface area contributed by atoms with Crippen LogP contribution in [-0.4, -0.2) is 34.6 Å². The zero-order valence-corrected chi connectivity index (χ0v) is 15.8. The molecule has 2 rings (SSSR count). The Bertz CT molecular complexity index is 760. The van der Waals surface area contributed by atoms with Crippen LogP contribution in [0.1, 0.15) is 34.6 Å². The van der Waals surface area contributed by atoms with Gasteiger partial charge in [-0.1, -0.05) is 32.1 Å². The Kier molecular flexibility index (Phi) is 5.48. The second kappa shape index (κ2) is 7.30. The van der Waals surface area contributed by atoms with Crippen molar-refractivity contribution in [3.05, 3.63) is 47.5 Å². The van der Waals surface area contributed by atoms with E-state index in [1.807, 2.05) is 0 Å². The van der Waals surface area contributed by atoms with E-state index < -0.39 is 35.4 Å². The van der Waals surface area contributed by atoms with Crippen molar-refractivity contribution < 1.29 is 38.4 Å². The van der Waals surface area contributed by atoms with Gasteiger partial charge in [-0.3, -0.25) is 0 Å². The molecule has 27 heavy (non-hydrogen) atoms. The molecule has 0 aromatic heterocycles. The third-order valence-electron chi connectivity index (χ3n) is 3.96. The molecule has 0 aliphatic carbocycles. The van der Waals surface area contributed by atoms with E-state index in [0.29, 0.717) is 0 Å². The largest absolute Gasteiger partial charge is 0.480 e. The van der Waals surface area contributed by atoms with E-state index in [2.05, 4.69) is 0 Å². The first-order valence-electron chi connectivity index (χ1n) is 8.32. The number of aliphatic hydroxyl groups excluding tert-OH is 1. The first kappa shape index (κ1) is 20.3. The van der Waals surface area contributed by atoms with Crippen LogP contribution in [0.5, 0.6) is 0 Å². The smallest absolute Gasteiger partial charge is 0.348 e. The summed E-state index contributed by atoms with van der Waals surface area (Å²) < 4.78 is 20.4. The van der Waals surface area contributed by atoms with Crippen molar-refractivity contribution in [3.63, 3.8) is 0 Å². The van der Waals surface area contributed by atoms with Gasteiger partial charge in [0.05, 0.1) is 0 Å². The molecular weight excluding hydrogens is 356 g/mol. The van der Waals surface area contributed by atoms with E-state index in [9.17, 15) is 19.5 Å². The van der Waals surface area contributed by atoms with Gasteiger partial charge in [0, 0.05) is 26.7 Å². The van der Waals surface area contributed by atoms with Gasteiger partial charge in [-0.2, -0.15) is 0 Å². The molecule has 0 amide bonds. The molecule has 8 nitrogen and oxygen atoms in total. The Balaban J connectivity index is 2.08. The van der Waals surface area contributed by atoms with Gasteiger partial charge in [-0.25, -0.2) is 14.4 Å². The van der Waals surface area contributed by atoms with Gasteiger partial charge in [0.25, 0.3) is 17.5 Å². The Labute approximate surface area is 156 Å². The quantitative estimate of drug-likeness (QED) is 0.344. The van der Waals surface area contributed by atoms with Gasteiger partial charge in [-0.15, -0.1) is 0 Å². The maximum Gasteiger partial charge on any atom is 0.348 e. The number of allylic oxidation sites excluding steroid dienone is 4. The molecule has 2 aliphatic rings. The van der Waals surface area contributed by atoms with E-state index in [1.54, 1.807) is 20.8 Å². The fraction of sp³-hybridized carbons (Fsp3) is 0.421. The Morgan fingerprint density at radius 3 is 1.96 bits per heavy atom. The van der Waals surface area contributed by atoms with Gasteiger partial charge in [0.15, 0.2) is 0 Å². The highest BCUT2D eigenvalue weighted by molar-refractivity contribution is 6.15. The summed E-state index contributed by atoms with van der Waals surface area (Å²) in [5.41, 5.74) is -0.405. The zero-order valence-electron chi connectivity index (χ0n) is 15.8. The summed E-state index contributed by atoms with van der Waals surface area (Å²) in [6.45, 7) is 8.05. The standard InChI is InChI=1S/C19H22O8/c1-11(2)19(5)26-16(22)13(17(23)27-19)10-8-6-7-9-12-14(20)24-18(3,4)25-15(12)21/h6-11,22H,1-5H3/b7-6+,10-8+. The number of aliphatic hydroxyl groups is 1. The van der Waals surface area contributed by atoms with Crippen molar-refractivity contribution in [2.75, 3.05) is 0 Å². The van der Waals surface area contributed by atoms with E-state index in [4.69, 9.17) is 18.9 Å². The first-order chi connectivity index (χ1) is 12.4. The predicted octanol–water partition coefficient (Wildman–Crippen LogP) is 2.58. The highest BCUT2D eigenvalue weighted by atomic mass is 16.8. The van der Waals surface area contributed by atoms with Gasteiger partial charge in [0.2, 0.25) is 0 Å². The fourth-order valence-electron chi connectivity index (χ4n) is 2.13. The Morgan fingerprint density at radius 1 is 0.852 bits per heavy atom. The van der Waals surface area contributed by atoms with Gasteiger partial charge in [0.1, 0.15) is 11.1 Å². The molecule has 1 atom stereocenters. The maximum atomic E-state index is 12.1. The number of esters is 3. The minimum Gasteiger partial charge on any atom is -0.480 e. The van der Waals surface area contributed by atoms with Crippen LogP contribution in [0.25, 0.3) is 0 Å². The molecule has 1 fully saturated rings. The van der Waals surface area contributed by atoms with Crippen LogP contribution in [0.2, 0.25) is 0 Å². The molecule has 1 unspecified atom stereocenters. The van der Waals surface area contributed by atoms with E-state index in [0.717, 1.165) is 0 Å². The monoisotopic (exact) mass is 378 g/mol. The van der Waals surface area contributed by atoms with Crippen LogP contribution in [0.3, 0.4) is 0 Å². The molecule has 2 aliphatic heterocycles. The molecule has 0 aromatic rings. The molecule has 0 radical (unpaired) electrons. The highest BCUT2D eigenvalue weighted by Crippen LogP contribution is 2.32. The molecule has 2 heterocycles. The van der Waals surface area contributed by atoms with Crippen molar-refractivity contribution in [2.45, 2.75) is 46.2 Å². The molecule has 0 aromatic carbocycles. The number of hydrogen-bond acceptors (Lipinski definition) is 8. The summed E-state index contributed by atoms with van der Waals surface area (Å²) in [5.74, 6) is -5.54. The average Bonchev–Trinajstić information content (AvgIpc) is 2.50. The Hall–Kier alpha value is -3.03. The van der Waals surface area contributed by atoms with Crippen LogP contribution < -0.4 is 0 Å². The summed E-state index contributed by atoms with van der Waals surface area (Å²) >= 11 is 0. The minimum atomic E-state index is -1.30. The van der Waals surface area contributed by atoms with E-state index >= 15 is 0 Å². The SMILES string of the molecule is CC(C)C1(C)OC(=O)C(/C=C/C=C/C=C2C(=O)OC(C)(C)OC2=O)=C(O)O1. The van der Waals surface area contributed by atoms with Gasteiger partial charge >= 0.3 is 17.9 Å². The number of carbonyl (C=O) groups is 3. The van der Waals surface area contributed by atoms with E-state index in [1.165, 1.54) is 44.2 Å². The van der Waals surface area contributed by atoms with Crippen molar-refractivity contribution in [3.8, 4) is 0 Å². The number of rotatable bonds is 4. The molecule has 0 saturated carbocycles. The summed E-state index contributed by atoms with van der Waals surface area (Å²) in [6.07, 6.45) is 6.75. The average molecular weight is 378 g/mol. The summed E-state index contributed by atoms with van der Waals surface area (Å²) in [6, 6.07) is 0. The lowest BCUT2D eigenvalue weighted by Crippen LogP contribution is -2.43. The lowest BCUT2D eigenvalue weighted by molar-refractivity contribution is -0.247. The third-order valence-corrected chi connectivity index (χ3v) is 3.96. The van der Waals surface area contributed by atoms with Crippen LogP contribution in [0.15, 0.2) is 47.5 Å². The predicted molar refractivity (Wildman–Crippen MR) is 92.7 cm³/mol. The number of cyclic esters (lactones) is 3. The maximum absolute atomic E-state index is 12.1. The Morgan fingerprint density at radius 2 is 1.44 bits per heavy atom. The number of hydrogen-bond donors (Lipinski definition) is 1. The van der Waals surface area contributed by atoms with Crippen molar-refractivity contribution in [1.82, 2.24) is 0 Å². The summed E-state index contributed by atoms with van der Waals surface area (Å²) in [5, 5.41) is 9.95. The number of carbonyl (C=O) groups excluding carboxylic acids is 3. The van der Waals surface area contributed by atoms with E-state index in [-0.39, 0.29) is 17.1 Å². The van der Waals surface area contributed by atoms with Gasteiger partial charge < -0.3 is 24.1 Å². The van der Waals surface area contributed by atoms with Crippen molar-refractivity contribution in [1.29, 1.82) is 0 Å². The molecule has 8 heteroatoms. The second-order valence-corrected chi connectivity index (χ2v) is 6.88. The van der Waals surface area contributed by atoms with Crippen LogP contribution in [0.4, 0.5) is 0 Å².